The van der Waals surface area contributed by atoms with Crippen molar-refractivity contribution in [3.05, 3.63) is 0 Å². The fourth-order valence-corrected chi connectivity index (χ4v) is 4.53. The Kier molecular flexibility index (Phi) is 9.71. The molecule has 30 heavy (non-hydrogen) atoms. The number of hydrogen-bond acceptors (Lipinski definition) is 6. The molecule has 2 fully saturated rings. The van der Waals surface area contributed by atoms with Gasteiger partial charge in [0.15, 0.2) is 5.78 Å². The van der Waals surface area contributed by atoms with Crippen LogP contribution in [0.5, 0.6) is 0 Å². The SMILES string of the molecule is CC(C)CNC(=O)C(N)[C@@H](O)[C@H](CC1CCCCC1)C(=O)[C@@H](N)CN1CCCC1=O. The Morgan fingerprint density at radius 3 is 2.40 bits per heavy atom. The van der Waals surface area contributed by atoms with Crippen molar-refractivity contribution in [3.63, 3.8) is 0 Å². The first-order valence-electron chi connectivity index (χ1n) is 11.5. The van der Waals surface area contributed by atoms with Crippen LogP contribution in [0.15, 0.2) is 0 Å². The normalized spacial score (nSPS) is 22.1. The van der Waals surface area contributed by atoms with E-state index < -0.39 is 30.0 Å². The predicted molar refractivity (Wildman–Crippen MR) is 115 cm³/mol. The lowest BCUT2D eigenvalue weighted by atomic mass is 9.77. The van der Waals surface area contributed by atoms with E-state index >= 15 is 0 Å². The minimum Gasteiger partial charge on any atom is -0.390 e. The van der Waals surface area contributed by atoms with Crippen LogP contribution in [-0.4, -0.2) is 65.4 Å². The number of carbonyl (C=O) groups is 3. The van der Waals surface area contributed by atoms with Crippen molar-refractivity contribution in [1.82, 2.24) is 10.2 Å². The van der Waals surface area contributed by atoms with Gasteiger partial charge in [0.05, 0.1) is 12.1 Å². The Hall–Kier alpha value is -1.51. The lowest BCUT2D eigenvalue weighted by Crippen LogP contribution is -2.56. The zero-order chi connectivity index (χ0) is 22.3. The van der Waals surface area contributed by atoms with E-state index in [-0.39, 0.29) is 24.2 Å². The van der Waals surface area contributed by atoms with E-state index in [9.17, 15) is 19.5 Å². The molecule has 8 heteroatoms. The molecule has 0 aromatic heterocycles. The maximum absolute atomic E-state index is 13.2. The summed E-state index contributed by atoms with van der Waals surface area (Å²) in [5, 5.41) is 13.7. The van der Waals surface area contributed by atoms with Gasteiger partial charge in [0, 0.05) is 32.0 Å². The molecule has 4 atom stereocenters. The van der Waals surface area contributed by atoms with Crippen molar-refractivity contribution in [2.45, 2.75) is 83.4 Å². The molecule has 1 saturated heterocycles. The summed E-state index contributed by atoms with van der Waals surface area (Å²) in [6.45, 7) is 5.15. The molecule has 2 aliphatic rings. The van der Waals surface area contributed by atoms with Gasteiger partial charge >= 0.3 is 0 Å². The highest BCUT2D eigenvalue weighted by molar-refractivity contribution is 5.89. The van der Waals surface area contributed by atoms with Crippen LogP contribution in [0.1, 0.15) is 65.2 Å². The average molecular weight is 425 g/mol. The topological polar surface area (TPSA) is 139 Å². The molecule has 1 unspecified atom stereocenters. The number of amides is 2. The summed E-state index contributed by atoms with van der Waals surface area (Å²) in [5.74, 6) is -0.993. The molecule has 8 nitrogen and oxygen atoms in total. The van der Waals surface area contributed by atoms with Gasteiger partial charge in [-0.25, -0.2) is 0 Å². The third kappa shape index (κ3) is 7.03. The van der Waals surface area contributed by atoms with E-state index in [4.69, 9.17) is 11.5 Å². The minimum absolute atomic E-state index is 0.00685. The van der Waals surface area contributed by atoms with Crippen molar-refractivity contribution in [1.29, 1.82) is 0 Å². The molecule has 1 saturated carbocycles. The van der Waals surface area contributed by atoms with Crippen molar-refractivity contribution >= 4 is 17.6 Å². The van der Waals surface area contributed by atoms with Gasteiger partial charge in [0.25, 0.3) is 0 Å². The highest BCUT2D eigenvalue weighted by atomic mass is 16.3. The maximum atomic E-state index is 13.2. The van der Waals surface area contributed by atoms with Crippen molar-refractivity contribution in [2.75, 3.05) is 19.6 Å². The molecule has 0 radical (unpaired) electrons. The quantitative estimate of drug-likeness (QED) is 0.382. The van der Waals surface area contributed by atoms with E-state index in [0.717, 1.165) is 32.1 Å². The number of ketones is 1. The van der Waals surface area contributed by atoms with Gasteiger partial charge in [-0.2, -0.15) is 0 Å². The van der Waals surface area contributed by atoms with Crippen molar-refractivity contribution in [3.8, 4) is 0 Å². The lowest BCUT2D eigenvalue weighted by Gasteiger charge is -2.33. The smallest absolute Gasteiger partial charge is 0.239 e. The van der Waals surface area contributed by atoms with Crippen LogP contribution in [-0.2, 0) is 14.4 Å². The number of Topliss-reactive ketones (excluding diaryl/α,β-unsaturated/α-hetero) is 1. The van der Waals surface area contributed by atoms with E-state index in [1.807, 2.05) is 13.8 Å². The lowest BCUT2D eigenvalue weighted by molar-refractivity contribution is -0.133. The first kappa shape index (κ1) is 24.8. The monoisotopic (exact) mass is 424 g/mol. The number of nitrogens with zero attached hydrogens (tertiary/aromatic N) is 1. The Balaban J connectivity index is 2.08. The Labute approximate surface area is 180 Å². The largest absolute Gasteiger partial charge is 0.390 e. The van der Waals surface area contributed by atoms with Crippen LogP contribution in [0.3, 0.4) is 0 Å². The Bertz CT molecular complexity index is 592. The van der Waals surface area contributed by atoms with Crippen LogP contribution in [0, 0.1) is 17.8 Å². The molecule has 0 spiro atoms. The number of aliphatic hydroxyl groups is 1. The van der Waals surface area contributed by atoms with E-state index in [1.165, 1.54) is 6.42 Å². The Morgan fingerprint density at radius 1 is 1.17 bits per heavy atom. The van der Waals surface area contributed by atoms with Gasteiger partial charge in [-0.15, -0.1) is 0 Å². The molecule has 1 heterocycles. The highest BCUT2D eigenvalue weighted by Gasteiger charge is 2.39. The fraction of sp³-hybridized carbons (Fsp3) is 0.864. The number of nitrogens with two attached hydrogens (primary N) is 2. The molecule has 2 amide bonds. The molecule has 172 valence electrons. The molecule has 1 aliphatic heterocycles. The molecule has 0 bridgehead atoms. The minimum atomic E-state index is -1.30. The zero-order valence-electron chi connectivity index (χ0n) is 18.5. The third-order valence-electron chi connectivity index (χ3n) is 6.40. The summed E-state index contributed by atoms with van der Waals surface area (Å²) < 4.78 is 0. The maximum Gasteiger partial charge on any atom is 0.239 e. The zero-order valence-corrected chi connectivity index (χ0v) is 18.5. The molecule has 6 N–H and O–H groups in total. The molecule has 1 aliphatic carbocycles. The van der Waals surface area contributed by atoms with Gasteiger partial charge in [0.1, 0.15) is 6.04 Å². The molecule has 0 aromatic rings. The number of rotatable bonds is 11. The molecular formula is C22H40N4O4. The summed E-state index contributed by atoms with van der Waals surface area (Å²) in [5.41, 5.74) is 12.2. The average Bonchev–Trinajstić information content (AvgIpc) is 3.13. The van der Waals surface area contributed by atoms with Crippen molar-refractivity contribution in [2.24, 2.45) is 29.2 Å². The van der Waals surface area contributed by atoms with Gasteiger partial charge in [0.2, 0.25) is 11.8 Å². The van der Waals surface area contributed by atoms with Crippen molar-refractivity contribution < 1.29 is 19.5 Å². The first-order chi connectivity index (χ1) is 14.2. The van der Waals surface area contributed by atoms with Crippen LogP contribution >= 0.6 is 0 Å². The highest BCUT2D eigenvalue weighted by Crippen LogP contribution is 2.31. The Morgan fingerprint density at radius 2 is 1.83 bits per heavy atom. The second kappa shape index (κ2) is 11.8. The summed E-state index contributed by atoms with van der Waals surface area (Å²) in [6, 6.07) is -2.08. The predicted octanol–water partition coefficient (Wildman–Crippen LogP) is 0.552. The van der Waals surface area contributed by atoms with Crippen LogP contribution in [0.4, 0.5) is 0 Å². The van der Waals surface area contributed by atoms with Gasteiger partial charge in [-0.05, 0) is 24.7 Å². The fourth-order valence-electron chi connectivity index (χ4n) is 4.53. The molecular weight excluding hydrogens is 384 g/mol. The second-order valence-corrected chi connectivity index (χ2v) is 9.45. The van der Waals surface area contributed by atoms with E-state index in [0.29, 0.717) is 31.8 Å². The van der Waals surface area contributed by atoms with Gasteiger partial charge in [-0.1, -0.05) is 46.0 Å². The summed E-state index contributed by atoms with van der Waals surface area (Å²) in [6.07, 6.45) is 5.85. The van der Waals surface area contributed by atoms with Gasteiger partial charge < -0.3 is 26.8 Å². The summed E-state index contributed by atoms with van der Waals surface area (Å²) in [7, 11) is 0. The second-order valence-electron chi connectivity index (χ2n) is 9.45. The van der Waals surface area contributed by atoms with E-state index in [2.05, 4.69) is 5.32 Å². The first-order valence-corrected chi connectivity index (χ1v) is 11.5. The number of likely N-dealkylation sites (tertiary alicyclic amines) is 1. The standard InChI is InChI=1S/C22H40N4O4/c1-14(2)12-25-22(30)19(24)21(29)16(11-15-7-4-3-5-8-15)20(28)17(23)13-26-10-6-9-18(26)27/h14-17,19,21,29H,3-13,23-24H2,1-2H3,(H,25,30)/t16-,17+,19?,21+/m1/s1. The number of hydrogen-bond donors (Lipinski definition) is 4. The molecule has 0 aromatic carbocycles. The van der Waals surface area contributed by atoms with Crippen LogP contribution < -0.4 is 16.8 Å². The third-order valence-corrected chi connectivity index (χ3v) is 6.40. The number of nitrogens with one attached hydrogen (secondary N) is 1. The van der Waals surface area contributed by atoms with Crippen LogP contribution in [0.2, 0.25) is 0 Å². The number of carbonyl (C=O) groups excluding carboxylic acids is 3. The number of aliphatic hydroxyl groups excluding tert-OH is 1. The molecule has 2 rings (SSSR count). The van der Waals surface area contributed by atoms with Gasteiger partial charge in [-0.3, -0.25) is 14.4 Å². The summed E-state index contributed by atoms with van der Waals surface area (Å²) >= 11 is 0. The summed E-state index contributed by atoms with van der Waals surface area (Å²) in [4.78, 5) is 39.2. The van der Waals surface area contributed by atoms with E-state index in [1.54, 1.807) is 4.90 Å². The van der Waals surface area contributed by atoms with Crippen LogP contribution in [0.25, 0.3) is 0 Å².